The molecule has 0 aliphatic rings. The minimum absolute atomic E-state index is 0.00998. The smallest absolute Gasteiger partial charge is 0.268 e. The Kier molecular flexibility index (Phi) is 52.2. The van der Waals surface area contributed by atoms with Gasteiger partial charge in [0.2, 0.25) is 5.91 Å². The lowest BCUT2D eigenvalue weighted by molar-refractivity contribution is -0.870. The molecule has 0 saturated carbocycles. The summed E-state index contributed by atoms with van der Waals surface area (Å²) in [6.45, 7) is 4.63. The molecule has 9 heteroatoms. The van der Waals surface area contributed by atoms with Gasteiger partial charge >= 0.3 is 0 Å². The number of hydrogen-bond acceptors (Lipinski definition) is 6. The normalized spacial score (nSPS) is 14.4. The average Bonchev–Trinajstić information content (AvgIpc) is 3.34. The number of amides is 1. The number of phosphoric acid groups is 1. The Morgan fingerprint density at radius 1 is 0.500 bits per heavy atom. The van der Waals surface area contributed by atoms with Crippen molar-refractivity contribution in [3.63, 3.8) is 0 Å². The molecule has 0 fully saturated rings. The lowest BCUT2D eigenvalue weighted by Crippen LogP contribution is -2.46. The van der Waals surface area contributed by atoms with Gasteiger partial charge in [-0.2, -0.15) is 0 Å². The molecule has 1 amide bonds. The number of nitrogens with one attached hydrogen (secondary N) is 1. The fourth-order valence-corrected chi connectivity index (χ4v) is 9.47. The number of aliphatic hydroxyl groups is 1. The SMILES string of the molecule is CC/C=C\C/C=C\C/C=C\C/C=C\C/C=C\C/C=C\CCCCCCCCCCCCCCC(=O)NC(COP(=O)([O-])OCC[N+](C)(C)C)C(O)CCCCCCCCCCCCCCCCCCCCC. The third-order valence-electron chi connectivity index (χ3n) is 13.5. The topological polar surface area (TPSA) is 108 Å². The number of rotatable bonds is 55. The molecule has 0 saturated heterocycles. The zero-order valence-electron chi connectivity index (χ0n) is 47.9. The lowest BCUT2D eigenvalue weighted by Gasteiger charge is -2.30. The van der Waals surface area contributed by atoms with Crippen LogP contribution in [0.3, 0.4) is 0 Å². The number of carbonyl (C=O) groups is 1. The highest BCUT2D eigenvalue weighted by atomic mass is 31.2. The highest BCUT2D eigenvalue weighted by molar-refractivity contribution is 7.45. The number of likely N-dealkylation sites (N-methyl/N-ethyl adjacent to an activating group) is 1. The van der Waals surface area contributed by atoms with E-state index in [9.17, 15) is 19.4 Å². The van der Waals surface area contributed by atoms with Crippen molar-refractivity contribution in [3.05, 3.63) is 72.9 Å². The van der Waals surface area contributed by atoms with Gasteiger partial charge in [-0.3, -0.25) is 9.36 Å². The minimum Gasteiger partial charge on any atom is -0.756 e. The molecule has 72 heavy (non-hydrogen) atoms. The van der Waals surface area contributed by atoms with Gasteiger partial charge in [0.05, 0.1) is 39.9 Å². The number of unbranched alkanes of at least 4 members (excludes halogenated alkanes) is 30. The number of phosphoric ester groups is 1. The molecule has 0 heterocycles. The summed E-state index contributed by atoms with van der Waals surface area (Å²) >= 11 is 0. The van der Waals surface area contributed by atoms with Gasteiger partial charge in [0.1, 0.15) is 13.2 Å². The second-order valence-corrected chi connectivity index (χ2v) is 23.1. The van der Waals surface area contributed by atoms with E-state index in [2.05, 4.69) is 92.1 Å². The molecular formula is C63H117N2O6P. The van der Waals surface area contributed by atoms with Gasteiger partial charge in [0.25, 0.3) is 7.82 Å². The predicted molar refractivity (Wildman–Crippen MR) is 311 cm³/mol. The van der Waals surface area contributed by atoms with E-state index in [1.54, 1.807) is 0 Å². The highest BCUT2D eigenvalue weighted by Gasteiger charge is 2.24. The maximum absolute atomic E-state index is 13.0. The van der Waals surface area contributed by atoms with Gasteiger partial charge < -0.3 is 28.8 Å². The van der Waals surface area contributed by atoms with Crippen molar-refractivity contribution in [2.24, 2.45) is 0 Å². The van der Waals surface area contributed by atoms with E-state index in [0.29, 0.717) is 23.9 Å². The molecule has 3 unspecified atom stereocenters. The van der Waals surface area contributed by atoms with E-state index in [1.807, 2.05) is 21.1 Å². The number of quaternary nitrogens is 1. The summed E-state index contributed by atoms with van der Waals surface area (Å²) in [6.07, 6.45) is 73.6. The standard InChI is InChI=1S/C63H117N2O6P/c1-6-8-10-12-14-16-18-20-22-24-26-27-28-29-30-31-32-33-34-35-36-37-39-41-43-45-47-49-51-53-55-57-63(67)64-61(60-71-72(68,69)70-59-58-65(3,4)5)62(66)56-54-52-50-48-46-44-42-40-38-25-23-21-19-17-15-13-11-9-7-2/h8,10,14,16,20,22,26-27,29-30,32-33,61-62,66H,6-7,9,11-13,15,17-19,21,23-25,28,31,34-60H2,1-5H3,(H-,64,67,68,69)/b10-8-,16-14-,22-20-,27-26-,30-29-,33-32-. The summed E-state index contributed by atoms with van der Waals surface area (Å²) < 4.78 is 23.4. The molecule has 0 rings (SSSR count). The Morgan fingerprint density at radius 2 is 0.847 bits per heavy atom. The van der Waals surface area contributed by atoms with Crippen LogP contribution in [0.25, 0.3) is 0 Å². The lowest BCUT2D eigenvalue weighted by atomic mass is 10.0. The zero-order chi connectivity index (χ0) is 52.7. The molecule has 8 nitrogen and oxygen atoms in total. The zero-order valence-corrected chi connectivity index (χ0v) is 48.8. The van der Waals surface area contributed by atoms with Gasteiger partial charge in [-0.25, -0.2) is 0 Å². The number of carbonyl (C=O) groups excluding carboxylic acids is 1. The third-order valence-corrected chi connectivity index (χ3v) is 14.4. The van der Waals surface area contributed by atoms with Crippen molar-refractivity contribution in [2.45, 2.75) is 283 Å². The summed E-state index contributed by atoms with van der Waals surface area (Å²) in [4.78, 5) is 25.6. The summed E-state index contributed by atoms with van der Waals surface area (Å²) in [5, 5.41) is 14.0. The van der Waals surface area contributed by atoms with Crippen molar-refractivity contribution in [2.75, 3.05) is 40.9 Å². The summed E-state index contributed by atoms with van der Waals surface area (Å²) in [5.74, 6) is -0.167. The van der Waals surface area contributed by atoms with E-state index < -0.39 is 20.0 Å². The first kappa shape index (κ1) is 69.9. The predicted octanol–water partition coefficient (Wildman–Crippen LogP) is 18.0. The molecule has 420 valence electrons. The van der Waals surface area contributed by atoms with Crippen molar-refractivity contribution in [3.8, 4) is 0 Å². The van der Waals surface area contributed by atoms with Crippen LogP contribution < -0.4 is 10.2 Å². The van der Waals surface area contributed by atoms with Crippen molar-refractivity contribution < 1.29 is 32.9 Å². The first-order chi connectivity index (χ1) is 35.0. The summed E-state index contributed by atoms with van der Waals surface area (Å²) in [5.41, 5.74) is 0. The fourth-order valence-electron chi connectivity index (χ4n) is 8.75. The first-order valence-electron chi connectivity index (χ1n) is 30.3. The van der Waals surface area contributed by atoms with Crippen LogP contribution in [0, 0.1) is 0 Å². The molecule has 3 atom stereocenters. The van der Waals surface area contributed by atoms with Crippen LogP contribution in [-0.4, -0.2) is 68.5 Å². The van der Waals surface area contributed by atoms with Gasteiger partial charge in [-0.15, -0.1) is 0 Å². The maximum Gasteiger partial charge on any atom is 0.268 e. The molecule has 2 N–H and O–H groups in total. The third kappa shape index (κ3) is 55.7. The Bertz CT molecular complexity index is 1400. The van der Waals surface area contributed by atoms with Crippen molar-refractivity contribution in [1.29, 1.82) is 0 Å². The monoisotopic (exact) mass is 1030 g/mol. The van der Waals surface area contributed by atoms with E-state index in [-0.39, 0.29) is 19.1 Å². The van der Waals surface area contributed by atoms with Crippen LogP contribution in [0.4, 0.5) is 0 Å². The van der Waals surface area contributed by atoms with E-state index >= 15 is 0 Å². The van der Waals surface area contributed by atoms with Crippen LogP contribution in [0.2, 0.25) is 0 Å². The van der Waals surface area contributed by atoms with E-state index in [4.69, 9.17) is 9.05 Å². The number of aliphatic hydroxyl groups excluding tert-OH is 1. The Labute approximate surface area is 446 Å². The van der Waals surface area contributed by atoms with Crippen molar-refractivity contribution >= 4 is 13.7 Å². The molecule has 0 aliphatic heterocycles. The first-order valence-corrected chi connectivity index (χ1v) is 31.7. The molecule has 0 aromatic carbocycles. The number of hydrogen-bond donors (Lipinski definition) is 2. The van der Waals surface area contributed by atoms with E-state index in [1.165, 1.54) is 167 Å². The largest absolute Gasteiger partial charge is 0.756 e. The average molecular weight is 1030 g/mol. The molecule has 0 aromatic heterocycles. The van der Waals surface area contributed by atoms with Gasteiger partial charge in [0, 0.05) is 6.42 Å². The highest BCUT2D eigenvalue weighted by Crippen LogP contribution is 2.38. The quantitative estimate of drug-likeness (QED) is 0.0272. The molecule has 0 aliphatic carbocycles. The van der Waals surface area contributed by atoms with Gasteiger partial charge in [-0.1, -0.05) is 273 Å². The fraction of sp³-hybridized carbons (Fsp3) is 0.794. The number of allylic oxidation sites excluding steroid dienone is 12. The molecule has 0 bridgehead atoms. The van der Waals surface area contributed by atoms with E-state index in [0.717, 1.165) is 77.0 Å². The Morgan fingerprint density at radius 3 is 1.24 bits per heavy atom. The van der Waals surface area contributed by atoms with Crippen LogP contribution in [0.15, 0.2) is 72.9 Å². The maximum atomic E-state index is 13.0. The molecule has 0 spiro atoms. The van der Waals surface area contributed by atoms with Crippen LogP contribution >= 0.6 is 7.82 Å². The van der Waals surface area contributed by atoms with Crippen LogP contribution in [0.1, 0.15) is 271 Å². The molecule has 0 radical (unpaired) electrons. The second-order valence-electron chi connectivity index (χ2n) is 21.7. The van der Waals surface area contributed by atoms with Gasteiger partial charge in [-0.05, 0) is 64.2 Å². The second kappa shape index (κ2) is 53.8. The Hall–Kier alpha value is -2.06. The van der Waals surface area contributed by atoms with Crippen LogP contribution in [0.5, 0.6) is 0 Å². The summed E-state index contributed by atoms with van der Waals surface area (Å²) in [6, 6.07) is -0.806. The summed E-state index contributed by atoms with van der Waals surface area (Å²) in [7, 11) is 1.30. The van der Waals surface area contributed by atoms with Crippen LogP contribution in [-0.2, 0) is 18.4 Å². The Balaban J connectivity index is 4.12. The van der Waals surface area contributed by atoms with Gasteiger partial charge in [0.15, 0.2) is 0 Å². The van der Waals surface area contributed by atoms with Crippen molar-refractivity contribution in [1.82, 2.24) is 5.32 Å². The molecule has 0 aromatic rings. The molecular weight excluding hydrogens is 912 g/mol. The minimum atomic E-state index is -4.58. The number of nitrogens with zero attached hydrogens (tertiary/aromatic N) is 1.